The Bertz CT molecular complexity index is 664. The Kier molecular flexibility index (Phi) is 4.90. The lowest BCUT2D eigenvalue weighted by molar-refractivity contribution is -0.117. The maximum atomic E-state index is 13.6. The summed E-state index contributed by atoms with van der Waals surface area (Å²) >= 11 is 3.26. The number of amides is 1. The molecular formula is C15H14BrFN2O2. The number of anilines is 1. The predicted octanol–water partition coefficient (Wildman–Crippen LogP) is 3.20. The molecule has 0 fully saturated rings. The van der Waals surface area contributed by atoms with Crippen molar-refractivity contribution in [3.63, 3.8) is 0 Å². The van der Waals surface area contributed by atoms with E-state index in [9.17, 15) is 9.18 Å². The molecule has 0 aliphatic carbocycles. The minimum atomic E-state index is -0.481. The fraction of sp³-hybridized carbons (Fsp3) is 0.200. The SMILES string of the molecule is COc1ccc(CC(=O)N(C)c2cccc(Br)n2)cc1F. The van der Waals surface area contributed by atoms with E-state index in [-0.39, 0.29) is 18.1 Å². The largest absolute Gasteiger partial charge is 0.494 e. The van der Waals surface area contributed by atoms with Gasteiger partial charge in [0.25, 0.3) is 0 Å². The Morgan fingerprint density at radius 1 is 1.38 bits per heavy atom. The number of halogens is 2. The van der Waals surface area contributed by atoms with Gasteiger partial charge in [0.1, 0.15) is 10.4 Å². The molecule has 0 saturated carbocycles. The van der Waals surface area contributed by atoms with Crippen molar-refractivity contribution in [3.05, 3.63) is 52.4 Å². The van der Waals surface area contributed by atoms with E-state index in [1.54, 1.807) is 31.3 Å². The number of aromatic nitrogens is 1. The van der Waals surface area contributed by atoms with E-state index < -0.39 is 5.82 Å². The number of rotatable bonds is 4. The summed E-state index contributed by atoms with van der Waals surface area (Å²) in [6.07, 6.45) is 0.0889. The third-order valence-corrected chi connectivity index (χ3v) is 3.43. The van der Waals surface area contributed by atoms with E-state index in [0.717, 1.165) is 0 Å². The maximum Gasteiger partial charge on any atom is 0.232 e. The quantitative estimate of drug-likeness (QED) is 0.793. The number of ether oxygens (including phenoxy) is 1. The van der Waals surface area contributed by atoms with E-state index >= 15 is 0 Å². The van der Waals surface area contributed by atoms with Crippen molar-refractivity contribution in [1.82, 2.24) is 4.98 Å². The van der Waals surface area contributed by atoms with E-state index in [2.05, 4.69) is 20.9 Å². The standard InChI is InChI=1S/C15H14BrFN2O2/c1-19(14-5-3-4-13(16)18-14)15(20)9-10-6-7-12(21-2)11(17)8-10/h3-8H,9H2,1-2H3. The van der Waals surface area contributed by atoms with Crippen LogP contribution in [0.5, 0.6) is 5.75 Å². The first-order valence-corrected chi connectivity index (χ1v) is 7.02. The second-order valence-corrected chi connectivity index (χ2v) is 5.23. The molecule has 0 aliphatic rings. The monoisotopic (exact) mass is 352 g/mol. The molecule has 4 nitrogen and oxygen atoms in total. The van der Waals surface area contributed by atoms with E-state index in [1.165, 1.54) is 24.1 Å². The van der Waals surface area contributed by atoms with Crippen molar-refractivity contribution in [2.45, 2.75) is 6.42 Å². The van der Waals surface area contributed by atoms with Gasteiger partial charge in [0.2, 0.25) is 5.91 Å². The van der Waals surface area contributed by atoms with Crippen LogP contribution in [0.3, 0.4) is 0 Å². The second-order valence-electron chi connectivity index (χ2n) is 4.42. The number of hydrogen-bond donors (Lipinski definition) is 0. The van der Waals surface area contributed by atoms with Gasteiger partial charge in [-0.1, -0.05) is 12.1 Å². The highest BCUT2D eigenvalue weighted by Crippen LogP contribution is 2.19. The minimum absolute atomic E-state index is 0.0889. The van der Waals surface area contributed by atoms with Crippen molar-refractivity contribution in [3.8, 4) is 5.75 Å². The highest BCUT2D eigenvalue weighted by molar-refractivity contribution is 9.10. The van der Waals surface area contributed by atoms with Crippen LogP contribution >= 0.6 is 15.9 Å². The van der Waals surface area contributed by atoms with Crippen LogP contribution in [0.2, 0.25) is 0 Å². The van der Waals surface area contributed by atoms with Crippen LogP contribution in [0.1, 0.15) is 5.56 Å². The molecule has 2 aromatic rings. The molecule has 1 amide bonds. The third-order valence-electron chi connectivity index (χ3n) is 2.99. The second kappa shape index (κ2) is 6.67. The molecule has 0 radical (unpaired) electrons. The summed E-state index contributed by atoms with van der Waals surface area (Å²) in [6.45, 7) is 0. The lowest BCUT2D eigenvalue weighted by atomic mass is 10.1. The van der Waals surface area contributed by atoms with Gasteiger partial charge in [-0.05, 0) is 45.8 Å². The van der Waals surface area contributed by atoms with Crippen LogP contribution in [0.25, 0.3) is 0 Å². The van der Waals surface area contributed by atoms with Crippen LogP contribution in [0, 0.1) is 5.82 Å². The summed E-state index contributed by atoms with van der Waals surface area (Å²) in [4.78, 5) is 17.9. The van der Waals surface area contributed by atoms with Crippen molar-refractivity contribution in [2.75, 3.05) is 19.1 Å². The number of benzene rings is 1. The zero-order valence-electron chi connectivity index (χ0n) is 11.6. The lowest BCUT2D eigenvalue weighted by Crippen LogP contribution is -2.28. The van der Waals surface area contributed by atoms with Gasteiger partial charge in [-0.15, -0.1) is 0 Å². The minimum Gasteiger partial charge on any atom is -0.494 e. The van der Waals surface area contributed by atoms with Gasteiger partial charge in [-0.25, -0.2) is 9.37 Å². The van der Waals surface area contributed by atoms with Gasteiger partial charge in [0, 0.05) is 7.05 Å². The summed E-state index contributed by atoms with van der Waals surface area (Å²) < 4.78 is 19.1. The molecule has 0 aliphatic heterocycles. The number of carbonyl (C=O) groups excluding carboxylic acids is 1. The molecule has 1 aromatic carbocycles. The highest BCUT2D eigenvalue weighted by atomic mass is 79.9. The zero-order valence-corrected chi connectivity index (χ0v) is 13.2. The number of carbonyl (C=O) groups is 1. The number of hydrogen-bond acceptors (Lipinski definition) is 3. The van der Waals surface area contributed by atoms with Gasteiger partial charge < -0.3 is 4.74 Å². The van der Waals surface area contributed by atoms with Gasteiger partial charge in [-0.2, -0.15) is 0 Å². The number of pyridine rings is 1. The molecule has 0 N–H and O–H groups in total. The summed E-state index contributed by atoms with van der Waals surface area (Å²) in [5.41, 5.74) is 0.583. The summed E-state index contributed by atoms with van der Waals surface area (Å²) in [5.74, 6) is 0.0350. The van der Waals surface area contributed by atoms with Crippen LogP contribution in [0.4, 0.5) is 10.2 Å². The van der Waals surface area contributed by atoms with E-state index in [1.807, 2.05) is 0 Å². The predicted molar refractivity (Wildman–Crippen MR) is 82.0 cm³/mol. The Balaban J connectivity index is 2.12. The molecule has 6 heteroatoms. The third kappa shape index (κ3) is 3.78. The average Bonchev–Trinajstić information content (AvgIpc) is 2.46. The topological polar surface area (TPSA) is 42.4 Å². The van der Waals surface area contributed by atoms with Gasteiger partial charge in [0.15, 0.2) is 11.6 Å². The molecule has 1 aromatic heterocycles. The summed E-state index contributed by atoms with van der Waals surface area (Å²) in [6, 6.07) is 9.79. The molecule has 0 atom stereocenters. The fourth-order valence-corrected chi connectivity index (χ4v) is 2.16. The molecule has 0 bridgehead atoms. The van der Waals surface area contributed by atoms with Crippen molar-refractivity contribution in [1.29, 1.82) is 0 Å². The highest BCUT2D eigenvalue weighted by Gasteiger charge is 2.14. The molecule has 0 spiro atoms. The fourth-order valence-electron chi connectivity index (χ4n) is 1.83. The van der Waals surface area contributed by atoms with Crippen LogP contribution in [-0.4, -0.2) is 25.0 Å². The Morgan fingerprint density at radius 3 is 2.76 bits per heavy atom. The van der Waals surface area contributed by atoms with E-state index in [4.69, 9.17) is 4.74 Å². The number of likely N-dealkylation sites (N-methyl/N-ethyl adjacent to an activating group) is 1. The summed E-state index contributed by atoms with van der Waals surface area (Å²) in [5, 5.41) is 0. The first kappa shape index (κ1) is 15.4. The molecular weight excluding hydrogens is 339 g/mol. The number of methoxy groups -OCH3 is 1. The van der Waals surface area contributed by atoms with Gasteiger partial charge >= 0.3 is 0 Å². The smallest absolute Gasteiger partial charge is 0.232 e. The Hall–Kier alpha value is -1.95. The number of nitrogens with zero attached hydrogens (tertiary/aromatic N) is 2. The molecule has 1 heterocycles. The average molecular weight is 353 g/mol. The lowest BCUT2D eigenvalue weighted by Gasteiger charge is -2.16. The Morgan fingerprint density at radius 2 is 2.14 bits per heavy atom. The molecule has 21 heavy (non-hydrogen) atoms. The van der Waals surface area contributed by atoms with Crippen LogP contribution < -0.4 is 9.64 Å². The molecule has 110 valence electrons. The normalized spacial score (nSPS) is 10.3. The molecule has 0 saturated heterocycles. The van der Waals surface area contributed by atoms with Crippen molar-refractivity contribution in [2.24, 2.45) is 0 Å². The molecule has 2 rings (SSSR count). The van der Waals surface area contributed by atoms with Crippen molar-refractivity contribution >= 4 is 27.7 Å². The van der Waals surface area contributed by atoms with Gasteiger partial charge in [-0.3, -0.25) is 9.69 Å². The first-order valence-electron chi connectivity index (χ1n) is 6.23. The maximum absolute atomic E-state index is 13.6. The zero-order chi connectivity index (χ0) is 15.4. The van der Waals surface area contributed by atoms with E-state index in [0.29, 0.717) is 16.0 Å². The van der Waals surface area contributed by atoms with Crippen LogP contribution in [0.15, 0.2) is 41.0 Å². The Labute approximate surface area is 130 Å². The van der Waals surface area contributed by atoms with Crippen molar-refractivity contribution < 1.29 is 13.9 Å². The van der Waals surface area contributed by atoms with Crippen LogP contribution in [-0.2, 0) is 11.2 Å². The summed E-state index contributed by atoms with van der Waals surface area (Å²) in [7, 11) is 3.03. The molecule has 0 unspecified atom stereocenters. The van der Waals surface area contributed by atoms with Gasteiger partial charge in [0.05, 0.1) is 13.5 Å². The first-order chi connectivity index (χ1) is 10.0.